The number of hydrogen-bond acceptors (Lipinski definition) is 5. The standard InChI is InChI=1S/C9H11NO5S/c1-9(2,8(11)12)16-5-6-3-4-7(15-6)10(13)14/h3-4H,5H2,1-2H3,(H,11,12). The molecule has 0 atom stereocenters. The largest absolute Gasteiger partial charge is 0.480 e. The molecule has 1 heterocycles. The van der Waals surface area contributed by atoms with E-state index in [0.29, 0.717) is 5.76 Å². The molecule has 0 amide bonds. The predicted octanol–water partition coefficient (Wildman–Crippen LogP) is 2.28. The van der Waals surface area contributed by atoms with Crippen LogP contribution in [0, 0.1) is 10.1 Å². The van der Waals surface area contributed by atoms with Gasteiger partial charge in [-0.15, -0.1) is 11.8 Å². The molecule has 0 aliphatic carbocycles. The highest BCUT2D eigenvalue weighted by atomic mass is 32.2. The molecule has 0 saturated heterocycles. The minimum Gasteiger partial charge on any atom is -0.480 e. The van der Waals surface area contributed by atoms with Gasteiger partial charge in [0.25, 0.3) is 0 Å². The highest BCUT2D eigenvalue weighted by molar-refractivity contribution is 8.00. The number of carbonyl (C=O) groups is 1. The molecule has 0 saturated carbocycles. The maximum absolute atomic E-state index is 10.8. The number of rotatable bonds is 5. The van der Waals surface area contributed by atoms with Crippen molar-refractivity contribution in [2.75, 3.05) is 0 Å². The van der Waals surface area contributed by atoms with Crippen LogP contribution >= 0.6 is 11.8 Å². The Morgan fingerprint density at radius 1 is 1.62 bits per heavy atom. The summed E-state index contributed by atoms with van der Waals surface area (Å²) < 4.78 is 3.96. The number of hydrogen-bond donors (Lipinski definition) is 1. The quantitative estimate of drug-likeness (QED) is 0.631. The van der Waals surface area contributed by atoms with Gasteiger partial charge < -0.3 is 9.52 Å². The van der Waals surface area contributed by atoms with E-state index in [4.69, 9.17) is 9.52 Å². The Kier molecular flexibility index (Phi) is 3.58. The van der Waals surface area contributed by atoms with E-state index in [0.717, 1.165) is 11.8 Å². The van der Waals surface area contributed by atoms with Gasteiger partial charge in [-0.3, -0.25) is 14.9 Å². The van der Waals surface area contributed by atoms with Gasteiger partial charge in [-0.1, -0.05) is 0 Å². The van der Waals surface area contributed by atoms with Crippen LogP contribution in [-0.4, -0.2) is 20.7 Å². The van der Waals surface area contributed by atoms with E-state index >= 15 is 0 Å². The molecule has 0 bridgehead atoms. The predicted molar refractivity (Wildman–Crippen MR) is 58.4 cm³/mol. The van der Waals surface area contributed by atoms with Crippen LogP contribution in [0.5, 0.6) is 0 Å². The summed E-state index contributed by atoms with van der Waals surface area (Å²) in [6.07, 6.45) is 0. The zero-order chi connectivity index (χ0) is 12.3. The van der Waals surface area contributed by atoms with E-state index in [-0.39, 0.29) is 11.6 Å². The number of furan rings is 1. The van der Waals surface area contributed by atoms with Crippen molar-refractivity contribution >= 4 is 23.6 Å². The molecule has 0 radical (unpaired) electrons. The van der Waals surface area contributed by atoms with Crippen molar-refractivity contribution < 1.29 is 19.2 Å². The maximum atomic E-state index is 10.8. The van der Waals surface area contributed by atoms with Gasteiger partial charge >= 0.3 is 11.9 Å². The highest BCUT2D eigenvalue weighted by Crippen LogP contribution is 2.29. The summed E-state index contributed by atoms with van der Waals surface area (Å²) in [7, 11) is 0. The second-order valence-corrected chi connectivity index (χ2v) is 5.20. The minimum absolute atomic E-state index is 0.285. The Balaban J connectivity index is 2.61. The lowest BCUT2D eigenvalue weighted by Gasteiger charge is -2.17. The third-order valence-electron chi connectivity index (χ3n) is 1.92. The van der Waals surface area contributed by atoms with Crippen molar-refractivity contribution in [2.24, 2.45) is 0 Å². The van der Waals surface area contributed by atoms with Gasteiger partial charge in [0, 0.05) is 0 Å². The molecule has 16 heavy (non-hydrogen) atoms. The summed E-state index contributed by atoms with van der Waals surface area (Å²) in [5, 5.41) is 19.2. The average Bonchev–Trinajstić information content (AvgIpc) is 2.63. The number of nitro groups is 1. The summed E-state index contributed by atoms with van der Waals surface area (Å²) in [6, 6.07) is 2.73. The van der Waals surface area contributed by atoms with Crippen LogP contribution < -0.4 is 0 Å². The first-order chi connectivity index (χ1) is 7.33. The van der Waals surface area contributed by atoms with Crippen LogP contribution in [-0.2, 0) is 10.5 Å². The lowest BCUT2D eigenvalue weighted by atomic mass is 10.2. The molecule has 1 rings (SSSR count). The minimum atomic E-state index is -0.943. The normalized spacial score (nSPS) is 11.4. The lowest BCUT2D eigenvalue weighted by molar-refractivity contribution is -0.402. The zero-order valence-electron chi connectivity index (χ0n) is 8.80. The van der Waals surface area contributed by atoms with Crippen LogP contribution in [0.2, 0.25) is 0 Å². The van der Waals surface area contributed by atoms with Gasteiger partial charge in [-0.05, 0) is 19.9 Å². The Morgan fingerprint density at radius 2 is 2.25 bits per heavy atom. The lowest BCUT2D eigenvalue weighted by Crippen LogP contribution is -2.27. The topological polar surface area (TPSA) is 93.6 Å². The molecule has 0 aromatic carbocycles. The van der Waals surface area contributed by atoms with Gasteiger partial charge in [0.15, 0.2) is 0 Å². The molecule has 0 unspecified atom stereocenters. The van der Waals surface area contributed by atoms with E-state index in [1.165, 1.54) is 12.1 Å². The van der Waals surface area contributed by atoms with Crippen LogP contribution in [0.25, 0.3) is 0 Å². The Morgan fingerprint density at radius 3 is 2.69 bits per heavy atom. The maximum Gasteiger partial charge on any atom is 0.433 e. The third kappa shape index (κ3) is 2.99. The van der Waals surface area contributed by atoms with Gasteiger partial charge in [0.1, 0.15) is 15.4 Å². The van der Waals surface area contributed by atoms with Gasteiger partial charge in [0.2, 0.25) is 0 Å². The zero-order valence-corrected chi connectivity index (χ0v) is 9.61. The van der Waals surface area contributed by atoms with Crippen molar-refractivity contribution in [3.63, 3.8) is 0 Å². The molecule has 1 N–H and O–H groups in total. The summed E-state index contributed by atoms with van der Waals surface area (Å²) >= 11 is 1.15. The molecular formula is C9H11NO5S. The van der Waals surface area contributed by atoms with Crippen molar-refractivity contribution in [2.45, 2.75) is 24.3 Å². The van der Waals surface area contributed by atoms with Crippen molar-refractivity contribution in [1.29, 1.82) is 0 Å². The van der Waals surface area contributed by atoms with Gasteiger partial charge in [-0.2, -0.15) is 0 Å². The van der Waals surface area contributed by atoms with E-state index < -0.39 is 15.6 Å². The monoisotopic (exact) mass is 245 g/mol. The van der Waals surface area contributed by atoms with Crippen LogP contribution in [0.1, 0.15) is 19.6 Å². The Bertz CT molecular complexity index is 412. The second-order valence-electron chi connectivity index (χ2n) is 3.60. The van der Waals surface area contributed by atoms with Crippen molar-refractivity contribution in [3.8, 4) is 0 Å². The van der Waals surface area contributed by atoms with E-state index in [1.807, 2.05) is 0 Å². The molecule has 0 fully saturated rings. The molecule has 88 valence electrons. The molecule has 1 aromatic rings. The number of thioether (sulfide) groups is 1. The fourth-order valence-corrected chi connectivity index (χ4v) is 1.64. The number of aliphatic carboxylic acids is 1. The molecule has 0 aliphatic heterocycles. The summed E-state index contributed by atoms with van der Waals surface area (Å²) in [5.74, 6) is -0.582. The van der Waals surface area contributed by atoms with E-state index in [1.54, 1.807) is 13.8 Å². The van der Waals surface area contributed by atoms with Gasteiger partial charge in [-0.25, -0.2) is 0 Å². The van der Waals surface area contributed by atoms with Gasteiger partial charge in [0.05, 0.1) is 11.8 Å². The summed E-state index contributed by atoms with van der Waals surface area (Å²) in [4.78, 5) is 20.5. The smallest absolute Gasteiger partial charge is 0.433 e. The third-order valence-corrected chi connectivity index (χ3v) is 3.24. The molecule has 7 heteroatoms. The molecule has 0 spiro atoms. The van der Waals surface area contributed by atoms with Crippen LogP contribution in [0.4, 0.5) is 5.88 Å². The van der Waals surface area contributed by atoms with Crippen LogP contribution in [0.3, 0.4) is 0 Å². The van der Waals surface area contributed by atoms with E-state index in [2.05, 4.69) is 0 Å². The Hall–Kier alpha value is -1.50. The summed E-state index contributed by atoms with van der Waals surface area (Å²) in [6.45, 7) is 3.13. The highest BCUT2D eigenvalue weighted by Gasteiger charge is 2.28. The molecule has 0 aliphatic rings. The second kappa shape index (κ2) is 4.56. The Labute approximate surface area is 95.8 Å². The first-order valence-electron chi connectivity index (χ1n) is 4.43. The average molecular weight is 245 g/mol. The fourth-order valence-electron chi connectivity index (χ4n) is 0.856. The van der Waals surface area contributed by atoms with E-state index in [9.17, 15) is 14.9 Å². The number of carboxylic acids is 1. The SMILES string of the molecule is CC(C)(SCc1ccc([N+](=O)[O-])o1)C(=O)O. The number of carboxylic acid groups (broad SMARTS) is 1. The van der Waals surface area contributed by atoms with Crippen LogP contribution in [0.15, 0.2) is 16.5 Å². The molecule has 6 nitrogen and oxygen atoms in total. The molecular weight excluding hydrogens is 234 g/mol. The van der Waals surface area contributed by atoms with Crippen molar-refractivity contribution in [3.05, 3.63) is 28.0 Å². The summed E-state index contributed by atoms with van der Waals surface area (Å²) in [5.41, 5.74) is 0. The fraction of sp³-hybridized carbons (Fsp3) is 0.444. The molecule has 1 aromatic heterocycles. The number of nitrogens with zero attached hydrogens (tertiary/aromatic N) is 1. The van der Waals surface area contributed by atoms with Crippen molar-refractivity contribution in [1.82, 2.24) is 0 Å². The first-order valence-corrected chi connectivity index (χ1v) is 5.42. The first kappa shape index (κ1) is 12.6.